The highest BCUT2D eigenvalue weighted by atomic mass is 16.5. The van der Waals surface area contributed by atoms with Gasteiger partial charge in [0.1, 0.15) is 0 Å². The van der Waals surface area contributed by atoms with Crippen molar-refractivity contribution in [1.82, 2.24) is 10.2 Å². The van der Waals surface area contributed by atoms with Crippen LogP contribution >= 0.6 is 0 Å². The molecule has 0 radical (unpaired) electrons. The SMILES string of the molecule is CC(NCC1CC2C=CC1C2)C(=O)N1CCOCC1. The van der Waals surface area contributed by atoms with E-state index in [1.165, 1.54) is 12.8 Å². The fourth-order valence-corrected chi connectivity index (χ4v) is 3.60. The lowest BCUT2D eigenvalue weighted by molar-refractivity contribution is -0.137. The number of hydrogen-bond donors (Lipinski definition) is 1. The van der Waals surface area contributed by atoms with Crippen molar-refractivity contribution in [2.45, 2.75) is 25.8 Å². The molecule has 1 saturated carbocycles. The summed E-state index contributed by atoms with van der Waals surface area (Å²) in [4.78, 5) is 14.2. The number of nitrogens with zero attached hydrogens (tertiary/aromatic N) is 1. The van der Waals surface area contributed by atoms with Crippen molar-refractivity contribution in [3.63, 3.8) is 0 Å². The molecule has 0 aromatic heterocycles. The van der Waals surface area contributed by atoms with Gasteiger partial charge in [0.05, 0.1) is 19.3 Å². The highest BCUT2D eigenvalue weighted by Crippen LogP contribution is 2.42. The van der Waals surface area contributed by atoms with E-state index in [1.807, 2.05) is 11.8 Å². The molecule has 1 heterocycles. The van der Waals surface area contributed by atoms with Crippen LogP contribution in [0.4, 0.5) is 0 Å². The predicted octanol–water partition coefficient (Wildman–Crippen LogP) is 1.04. The Morgan fingerprint density at radius 3 is 2.79 bits per heavy atom. The molecular weight excluding hydrogens is 240 g/mol. The van der Waals surface area contributed by atoms with Crippen LogP contribution in [0.5, 0.6) is 0 Å². The van der Waals surface area contributed by atoms with Crippen LogP contribution in [-0.2, 0) is 9.53 Å². The quantitative estimate of drug-likeness (QED) is 0.771. The molecule has 1 aliphatic heterocycles. The third-order valence-electron chi connectivity index (χ3n) is 4.80. The number of carbonyl (C=O) groups is 1. The first-order valence-electron chi connectivity index (χ1n) is 7.52. The zero-order valence-electron chi connectivity index (χ0n) is 11.7. The summed E-state index contributed by atoms with van der Waals surface area (Å²) >= 11 is 0. The molecule has 1 saturated heterocycles. The van der Waals surface area contributed by atoms with Gasteiger partial charge in [-0.2, -0.15) is 0 Å². The van der Waals surface area contributed by atoms with Crippen LogP contribution in [-0.4, -0.2) is 49.7 Å². The Morgan fingerprint density at radius 1 is 1.37 bits per heavy atom. The molecule has 4 heteroatoms. The van der Waals surface area contributed by atoms with Crippen molar-refractivity contribution < 1.29 is 9.53 Å². The lowest BCUT2D eigenvalue weighted by Gasteiger charge is -2.30. The Hall–Kier alpha value is -0.870. The monoisotopic (exact) mass is 264 g/mol. The molecule has 1 N–H and O–H groups in total. The van der Waals surface area contributed by atoms with Crippen LogP contribution < -0.4 is 5.32 Å². The van der Waals surface area contributed by atoms with Gasteiger partial charge in [-0.1, -0.05) is 12.2 Å². The first kappa shape index (κ1) is 13.1. The van der Waals surface area contributed by atoms with Crippen LogP contribution in [0.2, 0.25) is 0 Å². The molecule has 2 bridgehead atoms. The van der Waals surface area contributed by atoms with Gasteiger partial charge >= 0.3 is 0 Å². The van der Waals surface area contributed by atoms with Crippen LogP contribution in [0.15, 0.2) is 12.2 Å². The summed E-state index contributed by atoms with van der Waals surface area (Å²) in [5.41, 5.74) is 0. The zero-order chi connectivity index (χ0) is 13.2. The Bertz CT molecular complexity index is 363. The van der Waals surface area contributed by atoms with Crippen molar-refractivity contribution >= 4 is 5.91 Å². The lowest BCUT2D eigenvalue weighted by atomic mass is 9.93. The van der Waals surface area contributed by atoms with E-state index in [1.54, 1.807) is 0 Å². The summed E-state index contributed by atoms with van der Waals surface area (Å²) in [5, 5.41) is 3.44. The van der Waals surface area contributed by atoms with Gasteiger partial charge in [0.15, 0.2) is 0 Å². The van der Waals surface area contributed by atoms with E-state index in [4.69, 9.17) is 4.74 Å². The van der Waals surface area contributed by atoms with Crippen molar-refractivity contribution in [2.75, 3.05) is 32.8 Å². The van der Waals surface area contributed by atoms with Gasteiger partial charge < -0.3 is 15.0 Å². The summed E-state index contributed by atoms with van der Waals surface area (Å²) < 4.78 is 5.28. The number of nitrogens with one attached hydrogen (secondary N) is 1. The van der Waals surface area contributed by atoms with E-state index in [2.05, 4.69) is 17.5 Å². The molecule has 0 aromatic carbocycles. The molecule has 2 fully saturated rings. The van der Waals surface area contributed by atoms with E-state index in [-0.39, 0.29) is 11.9 Å². The van der Waals surface area contributed by atoms with E-state index in [0.29, 0.717) is 13.2 Å². The topological polar surface area (TPSA) is 41.6 Å². The summed E-state index contributed by atoms with van der Waals surface area (Å²) in [5.74, 6) is 2.52. The number of rotatable bonds is 4. The average molecular weight is 264 g/mol. The third kappa shape index (κ3) is 2.84. The number of morpholine rings is 1. The molecule has 106 valence electrons. The fourth-order valence-electron chi connectivity index (χ4n) is 3.60. The molecule has 1 amide bonds. The predicted molar refractivity (Wildman–Crippen MR) is 73.7 cm³/mol. The van der Waals surface area contributed by atoms with Crippen LogP contribution in [0, 0.1) is 17.8 Å². The zero-order valence-corrected chi connectivity index (χ0v) is 11.7. The van der Waals surface area contributed by atoms with Crippen LogP contribution in [0.1, 0.15) is 19.8 Å². The maximum absolute atomic E-state index is 12.3. The summed E-state index contributed by atoms with van der Waals surface area (Å²) in [7, 11) is 0. The first-order valence-corrected chi connectivity index (χ1v) is 7.52. The fraction of sp³-hybridized carbons (Fsp3) is 0.800. The van der Waals surface area contributed by atoms with Crippen molar-refractivity contribution in [3.8, 4) is 0 Å². The van der Waals surface area contributed by atoms with Gasteiger partial charge in [-0.05, 0) is 44.1 Å². The normalized spacial score (nSPS) is 34.8. The highest BCUT2D eigenvalue weighted by molar-refractivity contribution is 5.81. The lowest BCUT2D eigenvalue weighted by Crippen LogP contribution is -2.50. The van der Waals surface area contributed by atoms with E-state index in [0.717, 1.165) is 37.4 Å². The minimum atomic E-state index is -0.0683. The maximum Gasteiger partial charge on any atom is 0.239 e. The largest absolute Gasteiger partial charge is 0.378 e. The van der Waals surface area contributed by atoms with Gasteiger partial charge in [0.2, 0.25) is 5.91 Å². The Morgan fingerprint density at radius 2 is 2.16 bits per heavy atom. The second-order valence-electron chi connectivity index (χ2n) is 6.11. The summed E-state index contributed by atoms with van der Waals surface area (Å²) in [6.07, 6.45) is 7.36. The molecule has 2 aliphatic carbocycles. The second kappa shape index (κ2) is 5.63. The van der Waals surface area contributed by atoms with Crippen LogP contribution in [0.3, 0.4) is 0 Å². The summed E-state index contributed by atoms with van der Waals surface area (Å²) in [6.45, 7) is 5.79. The number of amides is 1. The summed E-state index contributed by atoms with van der Waals surface area (Å²) in [6, 6.07) is -0.0683. The number of ether oxygens (including phenoxy) is 1. The Labute approximate surface area is 115 Å². The second-order valence-corrected chi connectivity index (χ2v) is 6.11. The molecule has 4 nitrogen and oxygen atoms in total. The number of allylic oxidation sites excluding steroid dienone is 2. The van der Waals surface area contributed by atoms with E-state index >= 15 is 0 Å². The number of hydrogen-bond acceptors (Lipinski definition) is 3. The molecule has 19 heavy (non-hydrogen) atoms. The standard InChI is InChI=1S/C15H24N2O2/c1-11(15(18)17-4-6-19-7-5-17)16-10-14-9-12-2-3-13(14)8-12/h2-3,11-14,16H,4-10H2,1H3. The molecule has 4 unspecified atom stereocenters. The minimum Gasteiger partial charge on any atom is -0.378 e. The van der Waals surface area contributed by atoms with Crippen molar-refractivity contribution in [1.29, 1.82) is 0 Å². The van der Waals surface area contributed by atoms with Crippen molar-refractivity contribution in [3.05, 3.63) is 12.2 Å². The average Bonchev–Trinajstić information content (AvgIpc) is 3.07. The maximum atomic E-state index is 12.3. The third-order valence-corrected chi connectivity index (χ3v) is 4.80. The molecular formula is C15H24N2O2. The van der Waals surface area contributed by atoms with E-state index in [9.17, 15) is 4.79 Å². The molecule has 4 atom stereocenters. The Balaban J connectivity index is 1.44. The Kier molecular flexibility index (Phi) is 3.89. The first-order chi connectivity index (χ1) is 9.24. The van der Waals surface area contributed by atoms with Gasteiger partial charge in [0.25, 0.3) is 0 Å². The number of carbonyl (C=O) groups excluding carboxylic acids is 1. The smallest absolute Gasteiger partial charge is 0.239 e. The molecule has 0 aromatic rings. The van der Waals surface area contributed by atoms with Gasteiger partial charge in [0, 0.05) is 13.1 Å². The van der Waals surface area contributed by atoms with Gasteiger partial charge in [-0.25, -0.2) is 0 Å². The van der Waals surface area contributed by atoms with Gasteiger partial charge in [-0.3, -0.25) is 4.79 Å². The van der Waals surface area contributed by atoms with Crippen molar-refractivity contribution in [2.24, 2.45) is 17.8 Å². The molecule has 3 rings (SSSR count). The highest BCUT2D eigenvalue weighted by Gasteiger charge is 2.35. The van der Waals surface area contributed by atoms with Gasteiger partial charge in [-0.15, -0.1) is 0 Å². The molecule has 3 aliphatic rings. The minimum absolute atomic E-state index is 0.0683. The number of fused-ring (bicyclic) bond motifs is 2. The molecule has 0 spiro atoms. The van der Waals surface area contributed by atoms with Crippen LogP contribution in [0.25, 0.3) is 0 Å². The van der Waals surface area contributed by atoms with E-state index < -0.39 is 0 Å².